The number of rotatable bonds is 6. The van der Waals surface area contributed by atoms with Crippen LogP contribution in [0.15, 0.2) is 48.8 Å². The van der Waals surface area contributed by atoms with Crippen molar-refractivity contribution in [2.24, 2.45) is 5.92 Å². The first-order chi connectivity index (χ1) is 12.3. The lowest BCUT2D eigenvalue weighted by Gasteiger charge is -2.21. The number of para-hydroxylation sites is 2. The second-order valence-corrected chi connectivity index (χ2v) is 6.19. The summed E-state index contributed by atoms with van der Waals surface area (Å²) >= 11 is 0. The van der Waals surface area contributed by atoms with Gasteiger partial charge in [0.1, 0.15) is 5.75 Å². The molecule has 6 nitrogen and oxygen atoms in total. The van der Waals surface area contributed by atoms with E-state index in [2.05, 4.69) is 26.6 Å². The topological polar surface area (TPSA) is 66.5 Å². The number of nitrogens with one attached hydrogen (secondary N) is 2. The van der Waals surface area contributed by atoms with E-state index in [1.165, 1.54) is 0 Å². The smallest absolute Gasteiger partial charge is 0.315 e. The summed E-state index contributed by atoms with van der Waals surface area (Å²) in [6.07, 6.45) is 4.50. The largest absolute Gasteiger partial charge is 0.495 e. The molecule has 1 saturated heterocycles. The molecule has 1 aromatic heterocycles. The highest BCUT2D eigenvalue weighted by atomic mass is 16.5. The summed E-state index contributed by atoms with van der Waals surface area (Å²) in [7, 11) is 1.70. The molecule has 132 valence electrons. The molecule has 0 bridgehead atoms. The van der Waals surface area contributed by atoms with Gasteiger partial charge < -0.3 is 20.3 Å². The summed E-state index contributed by atoms with van der Waals surface area (Å²) in [4.78, 5) is 18.2. The first-order valence-corrected chi connectivity index (χ1v) is 8.55. The molecule has 2 heterocycles. The number of benzene rings is 1. The third-order valence-corrected chi connectivity index (χ3v) is 4.47. The minimum Gasteiger partial charge on any atom is -0.495 e. The molecule has 2 amide bonds. The maximum absolute atomic E-state index is 12.0. The van der Waals surface area contributed by atoms with E-state index in [4.69, 9.17) is 4.74 Å². The van der Waals surface area contributed by atoms with Crippen LogP contribution in [0.5, 0.6) is 5.75 Å². The Bertz CT molecular complexity index is 693. The van der Waals surface area contributed by atoms with Crippen molar-refractivity contribution in [1.29, 1.82) is 0 Å². The molecule has 2 aromatic rings. The molecule has 25 heavy (non-hydrogen) atoms. The molecule has 1 fully saturated rings. The van der Waals surface area contributed by atoms with Gasteiger partial charge in [-0.1, -0.05) is 12.1 Å². The van der Waals surface area contributed by atoms with Gasteiger partial charge in [-0.3, -0.25) is 4.98 Å². The lowest BCUT2D eigenvalue weighted by Crippen LogP contribution is -2.38. The number of amides is 2. The second kappa shape index (κ2) is 8.37. The third kappa shape index (κ3) is 4.62. The lowest BCUT2D eigenvalue weighted by atomic mass is 10.1. The molecular formula is C19H24N4O2. The zero-order chi connectivity index (χ0) is 17.5. The fourth-order valence-electron chi connectivity index (χ4n) is 3.09. The van der Waals surface area contributed by atoms with Crippen LogP contribution in [0.1, 0.15) is 12.0 Å². The molecule has 0 aliphatic carbocycles. The van der Waals surface area contributed by atoms with Crippen molar-refractivity contribution in [1.82, 2.24) is 15.6 Å². The Labute approximate surface area is 148 Å². The molecule has 0 radical (unpaired) electrons. The summed E-state index contributed by atoms with van der Waals surface area (Å²) in [5.41, 5.74) is 2.16. The normalized spacial score (nSPS) is 16.5. The van der Waals surface area contributed by atoms with Crippen molar-refractivity contribution in [2.45, 2.75) is 13.0 Å². The highest BCUT2D eigenvalue weighted by Gasteiger charge is 2.24. The van der Waals surface area contributed by atoms with Crippen LogP contribution in [-0.4, -0.2) is 37.8 Å². The summed E-state index contributed by atoms with van der Waals surface area (Å²) < 4.78 is 5.44. The molecule has 0 saturated carbocycles. The van der Waals surface area contributed by atoms with E-state index in [1.807, 2.05) is 30.3 Å². The van der Waals surface area contributed by atoms with Crippen molar-refractivity contribution < 1.29 is 9.53 Å². The first-order valence-electron chi connectivity index (χ1n) is 8.55. The van der Waals surface area contributed by atoms with Crippen molar-refractivity contribution in [2.75, 3.05) is 31.6 Å². The van der Waals surface area contributed by atoms with Gasteiger partial charge >= 0.3 is 6.03 Å². The number of nitrogens with zero attached hydrogens (tertiary/aromatic N) is 2. The molecule has 6 heteroatoms. The van der Waals surface area contributed by atoms with Crippen molar-refractivity contribution >= 4 is 11.7 Å². The fraction of sp³-hybridized carbons (Fsp3) is 0.368. The second-order valence-electron chi connectivity index (χ2n) is 6.19. The average Bonchev–Trinajstić information content (AvgIpc) is 3.14. The van der Waals surface area contributed by atoms with Crippen molar-refractivity contribution in [3.8, 4) is 5.75 Å². The van der Waals surface area contributed by atoms with E-state index in [1.54, 1.807) is 19.5 Å². The quantitative estimate of drug-likeness (QED) is 0.847. The number of anilines is 1. The molecule has 0 spiro atoms. The van der Waals surface area contributed by atoms with Crippen molar-refractivity contribution in [3.63, 3.8) is 0 Å². The predicted octanol–water partition coefficient (Wildman–Crippen LogP) is 2.42. The minimum absolute atomic E-state index is 0.132. The van der Waals surface area contributed by atoms with Crippen LogP contribution < -0.4 is 20.3 Å². The van der Waals surface area contributed by atoms with E-state index < -0.39 is 0 Å². The lowest BCUT2D eigenvalue weighted by molar-refractivity contribution is 0.239. The first kappa shape index (κ1) is 17.1. The van der Waals surface area contributed by atoms with Crippen LogP contribution >= 0.6 is 0 Å². The van der Waals surface area contributed by atoms with Gasteiger partial charge in [-0.05, 0) is 42.2 Å². The number of carbonyl (C=O) groups is 1. The molecule has 3 rings (SSSR count). The highest BCUT2D eigenvalue weighted by molar-refractivity contribution is 5.73. The van der Waals surface area contributed by atoms with E-state index in [0.717, 1.165) is 36.5 Å². The van der Waals surface area contributed by atoms with Gasteiger partial charge in [-0.2, -0.15) is 0 Å². The van der Waals surface area contributed by atoms with Crippen LogP contribution in [0, 0.1) is 5.92 Å². The number of hydrogen-bond donors (Lipinski definition) is 2. The standard InChI is InChI=1S/C19H24N4O2/c1-25-18-5-3-2-4-17(18)23-11-8-16(14-23)13-22-19(24)21-12-15-6-9-20-10-7-15/h2-7,9-10,16H,8,11-14H2,1H3,(H2,21,22,24). The van der Waals surface area contributed by atoms with Gasteiger partial charge in [0.05, 0.1) is 12.8 Å². The van der Waals surface area contributed by atoms with Gasteiger partial charge in [-0.15, -0.1) is 0 Å². The molecule has 1 aliphatic heterocycles. The Balaban J connectivity index is 1.43. The van der Waals surface area contributed by atoms with E-state index in [-0.39, 0.29) is 6.03 Å². The monoisotopic (exact) mass is 340 g/mol. The maximum atomic E-state index is 12.0. The number of urea groups is 1. The minimum atomic E-state index is -0.132. The van der Waals surface area contributed by atoms with Gasteiger partial charge in [0.15, 0.2) is 0 Å². The van der Waals surface area contributed by atoms with Crippen LogP contribution in [0.3, 0.4) is 0 Å². The van der Waals surface area contributed by atoms with Gasteiger partial charge in [0.2, 0.25) is 0 Å². The van der Waals surface area contributed by atoms with Crippen LogP contribution in [0.2, 0.25) is 0 Å². The Morgan fingerprint density at radius 1 is 1.24 bits per heavy atom. The van der Waals surface area contributed by atoms with Gasteiger partial charge in [0, 0.05) is 38.6 Å². The molecule has 1 unspecified atom stereocenters. The van der Waals surface area contributed by atoms with Gasteiger partial charge in [-0.25, -0.2) is 4.79 Å². The Morgan fingerprint density at radius 3 is 2.84 bits per heavy atom. The van der Waals surface area contributed by atoms with E-state index in [9.17, 15) is 4.79 Å². The molecule has 2 N–H and O–H groups in total. The highest BCUT2D eigenvalue weighted by Crippen LogP contribution is 2.31. The zero-order valence-corrected chi connectivity index (χ0v) is 14.4. The number of ether oxygens (including phenoxy) is 1. The molecule has 1 aliphatic rings. The molecular weight excluding hydrogens is 316 g/mol. The number of methoxy groups -OCH3 is 1. The summed E-state index contributed by atoms with van der Waals surface area (Å²) in [6, 6.07) is 11.7. The zero-order valence-electron chi connectivity index (χ0n) is 14.4. The van der Waals surface area contributed by atoms with E-state index in [0.29, 0.717) is 19.0 Å². The number of hydrogen-bond acceptors (Lipinski definition) is 4. The van der Waals surface area contributed by atoms with Crippen LogP contribution in [-0.2, 0) is 6.54 Å². The van der Waals surface area contributed by atoms with Crippen molar-refractivity contribution in [3.05, 3.63) is 54.4 Å². The summed E-state index contributed by atoms with van der Waals surface area (Å²) in [5.74, 6) is 1.34. The third-order valence-electron chi connectivity index (χ3n) is 4.47. The molecule has 1 atom stereocenters. The Morgan fingerprint density at radius 2 is 2.04 bits per heavy atom. The number of pyridine rings is 1. The summed E-state index contributed by atoms with van der Waals surface area (Å²) in [6.45, 7) is 3.08. The Kier molecular flexibility index (Phi) is 5.72. The van der Waals surface area contributed by atoms with Crippen LogP contribution in [0.25, 0.3) is 0 Å². The summed E-state index contributed by atoms with van der Waals surface area (Å²) in [5, 5.41) is 5.84. The SMILES string of the molecule is COc1ccccc1N1CCC(CNC(=O)NCc2ccncc2)C1. The fourth-order valence-corrected chi connectivity index (χ4v) is 3.09. The van der Waals surface area contributed by atoms with Gasteiger partial charge in [0.25, 0.3) is 0 Å². The number of carbonyl (C=O) groups excluding carboxylic acids is 1. The predicted molar refractivity (Wildman–Crippen MR) is 97.8 cm³/mol. The number of aromatic nitrogens is 1. The molecule has 1 aromatic carbocycles. The maximum Gasteiger partial charge on any atom is 0.315 e. The average molecular weight is 340 g/mol. The van der Waals surface area contributed by atoms with Crippen LogP contribution in [0.4, 0.5) is 10.5 Å². The Hall–Kier alpha value is -2.76. The van der Waals surface area contributed by atoms with E-state index >= 15 is 0 Å².